The van der Waals surface area contributed by atoms with Gasteiger partial charge in [-0.05, 0) is 18.1 Å². The van der Waals surface area contributed by atoms with Gasteiger partial charge in [-0.1, -0.05) is 24.3 Å². The summed E-state index contributed by atoms with van der Waals surface area (Å²) in [6, 6.07) is 8.65. The predicted octanol–water partition coefficient (Wildman–Crippen LogP) is 1.20. The Morgan fingerprint density at radius 2 is 2.16 bits per heavy atom. The van der Waals surface area contributed by atoms with Gasteiger partial charge in [0.25, 0.3) is 0 Å². The molecule has 4 nitrogen and oxygen atoms in total. The van der Waals surface area contributed by atoms with Crippen LogP contribution in [0.5, 0.6) is 0 Å². The van der Waals surface area contributed by atoms with Crippen molar-refractivity contribution in [3.8, 4) is 0 Å². The molecule has 0 amide bonds. The highest BCUT2D eigenvalue weighted by Gasteiger charge is 2.17. The number of carbonyl (C=O) groups excluding carboxylic acids is 1. The molecule has 0 spiro atoms. The van der Waals surface area contributed by atoms with Gasteiger partial charge < -0.3 is 10.1 Å². The minimum atomic E-state index is -0.180. The number of hydrogen-bond acceptors (Lipinski definition) is 4. The molecule has 0 radical (unpaired) electrons. The second-order valence-corrected chi connectivity index (χ2v) is 5.11. The van der Waals surface area contributed by atoms with Gasteiger partial charge in [0.1, 0.15) is 0 Å². The predicted molar refractivity (Wildman–Crippen MR) is 74.9 cm³/mol. The third-order valence-corrected chi connectivity index (χ3v) is 3.53. The molecule has 2 rings (SSSR count). The van der Waals surface area contributed by atoms with Crippen LogP contribution in [0.2, 0.25) is 0 Å². The number of nitrogens with zero attached hydrogens (tertiary/aromatic N) is 1. The van der Waals surface area contributed by atoms with Crippen LogP contribution in [0, 0.1) is 0 Å². The molecular formula is C15H22N2O2. The van der Waals surface area contributed by atoms with Crippen molar-refractivity contribution in [2.75, 3.05) is 26.7 Å². The fraction of sp³-hybridized carbons (Fsp3) is 0.533. The average Bonchev–Trinajstić information content (AvgIpc) is 2.41. The van der Waals surface area contributed by atoms with E-state index < -0.39 is 0 Å². The first-order valence-corrected chi connectivity index (χ1v) is 6.78. The smallest absolute Gasteiger partial charge is 0.309 e. The molecule has 0 aliphatic carbocycles. The van der Waals surface area contributed by atoms with E-state index in [1.165, 1.54) is 12.7 Å². The molecule has 1 aromatic carbocycles. The van der Waals surface area contributed by atoms with Gasteiger partial charge >= 0.3 is 5.97 Å². The van der Waals surface area contributed by atoms with Gasteiger partial charge in [-0.2, -0.15) is 0 Å². The average molecular weight is 262 g/mol. The molecule has 1 heterocycles. The normalized spacial score (nSPS) is 20.2. The first kappa shape index (κ1) is 14.0. The highest BCUT2D eigenvalue weighted by atomic mass is 16.5. The summed E-state index contributed by atoms with van der Waals surface area (Å²) in [6.07, 6.45) is 0.355. The molecule has 1 aliphatic heterocycles. The molecule has 19 heavy (non-hydrogen) atoms. The van der Waals surface area contributed by atoms with Crippen molar-refractivity contribution >= 4 is 5.97 Å². The zero-order chi connectivity index (χ0) is 13.7. The molecular weight excluding hydrogens is 240 g/mol. The fourth-order valence-electron chi connectivity index (χ4n) is 2.51. The van der Waals surface area contributed by atoms with Gasteiger partial charge in [-0.15, -0.1) is 0 Å². The molecule has 1 unspecified atom stereocenters. The van der Waals surface area contributed by atoms with Crippen LogP contribution >= 0.6 is 0 Å². The summed E-state index contributed by atoms with van der Waals surface area (Å²) < 4.78 is 4.75. The lowest BCUT2D eigenvalue weighted by atomic mass is 10.0. The fourth-order valence-corrected chi connectivity index (χ4v) is 2.51. The van der Waals surface area contributed by atoms with Gasteiger partial charge in [-0.25, -0.2) is 0 Å². The molecule has 1 fully saturated rings. The first-order valence-electron chi connectivity index (χ1n) is 6.78. The molecule has 1 aromatic rings. The summed E-state index contributed by atoms with van der Waals surface area (Å²) >= 11 is 0. The molecule has 1 atom stereocenters. The minimum absolute atomic E-state index is 0.180. The van der Waals surface area contributed by atoms with Crippen LogP contribution in [0.1, 0.15) is 18.1 Å². The van der Waals surface area contributed by atoms with Crippen molar-refractivity contribution in [2.24, 2.45) is 0 Å². The van der Waals surface area contributed by atoms with Crippen LogP contribution in [0.25, 0.3) is 0 Å². The maximum absolute atomic E-state index is 11.4. The van der Waals surface area contributed by atoms with E-state index in [4.69, 9.17) is 4.74 Å². The Bertz CT molecular complexity index is 434. The summed E-state index contributed by atoms with van der Waals surface area (Å²) in [5, 5.41) is 3.44. The monoisotopic (exact) mass is 262 g/mol. The Balaban J connectivity index is 2.04. The van der Waals surface area contributed by atoms with Crippen molar-refractivity contribution < 1.29 is 9.53 Å². The number of rotatable bonds is 4. The van der Waals surface area contributed by atoms with Crippen molar-refractivity contribution in [3.05, 3.63) is 35.4 Å². The Morgan fingerprint density at radius 3 is 2.84 bits per heavy atom. The lowest BCUT2D eigenvalue weighted by molar-refractivity contribution is -0.139. The summed E-state index contributed by atoms with van der Waals surface area (Å²) in [6.45, 7) is 6.23. The van der Waals surface area contributed by atoms with Gasteiger partial charge in [0.2, 0.25) is 0 Å². The quantitative estimate of drug-likeness (QED) is 0.828. The van der Waals surface area contributed by atoms with Crippen LogP contribution < -0.4 is 5.32 Å². The number of carbonyl (C=O) groups is 1. The lowest BCUT2D eigenvalue weighted by Crippen LogP contribution is -2.48. The van der Waals surface area contributed by atoms with Crippen LogP contribution in [0.15, 0.2) is 24.3 Å². The number of esters is 1. The van der Waals surface area contributed by atoms with Gasteiger partial charge in [-0.3, -0.25) is 9.69 Å². The van der Waals surface area contributed by atoms with Crippen LogP contribution in [-0.4, -0.2) is 43.7 Å². The highest BCUT2D eigenvalue weighted by molar-refractivity contribution is 5.72. The Labute approximate surface area is 114 Å². The van der Waals surface area contributed by atoms with Gasteiger partial charge in [0.05, 0.1) is 13.5 Å². The van der Waals surface area contributed by atoms with E-state index in [1.54, 1.807) is 0 Å². The first-order chi connectivity index (χ1) is 9.19. The highest BCUT2D eigenvalue weighted by Crippen LogP contribution is 2.14. The molecule has 1 N–H and O–H groups in total. The van der Waals surface area contributed by atoms with Gasteiger partial charge in [0, 0.05) is 32.2 Å². The Kier molecular flexibility index (Phi) is 4.93. The molecule has 0 saturated carbocycles. The van der Waals surface area contributed by atoms with Crippen molar-refractivity contribution in [3.63, 3.8) is 0 Å². The number of piperazine rings is 1. The van der Waals surface area contributed by atoms with Crippen molar-refractivity contribution in [1.29, 1.82) is 0 Å². The number of methoxy groups -OCH3 is 1. The summed E-state index contributed by atoms with van der Waals surface area (Å²) in [5.74, 6) is -0.180. The molecule has 0 aromatic heterocycles. The molecule has 104 valence electrons. The molecule has 1 saturated heterocycles. The summed E-state index contributed by atoms with van der Waals surface area (Å²) in [4.78, 5) is 13.9. The number of hydrogen-bond donors (Lipinski definition) is 1. The van der Waals surface area contributed by atoms with E-state index in [2.05, 4.69) is 23.2 Å². The maximum Gasteiger partial charge on any atom is 0.309 e. The zero-order valence-electron chi connectivity index (χ0n) is 11.7. The molecule has 1 aliphatic rings. The Hall–Kier alpha value is -1.39. The Morgan fingerprint density at radius 1 is 1.42 bits per heavy atom. The van der Waals surface area contributed by atoms with E-state index in [0.29, 0.717) is 12.5 Å². The van der Waals surface area contributed by atoms with E-state index in [0.717, 1.165) is 31.7 Å². The van der Waals surface area contributed by atoms with E-state index >= 15 is 0 Å². The standard InChI is InChI=1S/C15H22N2O2/c1-12-10-17(8-7-16-12)11-14-6-4-3-5-13(14)9-15(18)19-2/h3-6,12,16H,7-11H2,1-2H3. The van der Waals surface area contributed by atoms with Crippen LogP contribution in [0.4, 0.5) is 0 Å². The molecule has 4 heteroatoms. The summed E-state index contributed by atoms with van der Waals surface area (Å²) in [5.41, 5.74) is 2.29. The van der Waals surface area contributed by atoms with Gasteiger partial charge in [0.15, 0.2) is 0 Å². The second-order valence-electron chi connectivity index (χ2n) is 5.11. The van der Waals surface area contributed by atoms with E-state index in [-0.39, 0.29) is 5.97 Å². The second kappa shape index (κ2) is 6.68. The zero-order valence-corrected chi connectivity index (χ0v) is 11.7. The number of benzene rings is 1. The van der Waals surface area contributed by atoms with Crippen LogP contribution in [-0.2, 0) is 22.5 Å². The third kappa shape index (κ3) is 4.04. The maximum atomic E-state index is 11.4. The van der Waals surface area contributed by atoms with Crippen LogP contribution in [0.3, 0.4) is 0 Å². The lowest BCUT2D eigenvalue weighted by Gasteiger charge is -2.32. The summed E-state index contributed by atoms with van der Waals surface area (Å²) in [7, 11) is 1.43. The largest absolute Gasteiger partial charge is 0.469 e. The van der Waals surface area contributed by atoms with Crippen molar-refractivity contribution in [2.45, 2.75) is 25.9 Å². The van der Waals surface area contributed by atoms with E-state index in [9.17, 15) is 4.79 Å². The molecule has 0 bridgehead atoms. The van der Waals surface area contributed by atoms with Crippen molar-refractivity contribution in [1.82, 2.24) is 10.2 Å². The SMILES string of the molecule is COC(=O)Cc1ccccc1CN1CCNC(C)C1. The number of ether oxygens (including phenoxy) is 1. The third-order valence-electron chi connectivity index (χ3n) is 3.53. The van der Waals surface area contributed by atoms with E-state index in [1.807, 2.05) is 18.2 Å². The topological polar surface area (TPSA) is 41.6 Å². The number of nitrogens with one attached hydrogen (secondary N) is 1. The minimum Gasteiger partial charge on any atom is -0.469 e.